The Bertz CT molecular complexity index is 415. The summed E-state index contributed by atoms with van der Waals surface area (Å²) in [5.74, 6) is 0. The standard InChI is InChI=1S/C12H17BrN2O2S/c1-17-7-5-15(4-6-16)11-3-2-9(12(14)18)8-10(11)13/h2-3,8,16H,4-7H2,1H3,(H2,14,18). The molecule has 0 fully saturated rings. The topological polar surface area (TPSA) is 58.7 Å². The molecule has 0 aromatic heterocycles. The molecule has 0 saturated carbocycles. The Hall–Kier alpha value is -0.690. The molecule has 1 aromatic rings. The number of anilines is 1. The van der Waals surface area contributed by atoms with Gasteiger partial charge in [0.2, 0.25) is 0 Å². The van der Waals surface area contributed by atoms with Crippen molar-refractivity contribution in [3.8, 4) is 0 Å². The van der Waals surface area contributed by atoms with E-state index in [2.05, 4.69) is 15.9 Å². The summed E-state index contributed by atoms with van der Waals surface area (Å²) < 4.78 is 5.96. The molecular formula is C12H17BrN2O2S. The molecule has 0 heterocycles. The van der Waals surface area contributed by atoms with E-state index in [0.717, 1.165) is 15.7 Å². The van der Waals surface area contributed by atoms with Gasteiger partial charge >= 0.3 is 0 Å². The van der Waals surface area contributed by atoms with Gasteiger partial charge in [-0.25, -0.2) is 0 Å². The number of halogens is 1. The summed E-state index contributed by atoms with van der Waals surface area (Å²) in [6.45, 7) is 1.95. The Morgan fingerprint density at radius 1 is 1.50 bits per heavy atom. The molecule has 0 radical (unpaired) electrons. The summed E-state index contributed by atoms with van der Waals surface area (Å²) in [4.78, 5) is 2.41. The molecular weight excluding hydrogens is 316 g/mol. The molecule has 18 heavy (non-hydrogen) atoms. The Balaban J connectivity index is 2.93. The highest BCUT2D eigenvalue weighted by atomic mass is 79.9. The predicted octanol–water partition coefficient (Wildman–Crippen LogP) is 1.53. The van der Waals surface area contributed by atoms with E-state index in [1.165, 1.54) is 0 Å². The van der Waals surface area contributed by atoms with Crippen LogP contribution in [0.15, 0.2) is 22.7 Å². The van der Waals surface area contributed by atoms with Gasteiger partial charge in [0.15, 0.2) is 0 Å². The van der Waals surface area contributed by atoms with Crippen LogP contribution in [-0.4, -0.2) is 43.5 Å². The van der Waals surface area contributed by atoms with Crippen LogP contribution >= 0.6 is 28.1 Å². The van der Waals surface area contributed by atoms with Crippen LogP contribution in [0, 0.1) is 0 Å². The average molecular weight is 333 g/mol. The quantitative estimate of drug-likeness (QED) is 0.741. The summed E-state index contributed by atoms with van der Waals surface area (Å²) in [7, 11) is 1.65. The average Bonchev–Trinajstić information content (AvgIpc) is 2.34. The highest BCUT2D eigenvalue weighted by molar-refractivity contribution is 9.10. The van der Waals surface area contributed by atoms with E-state index in [-0.39, 0.29) is 6.61 Å². The van der Waals surface area contributed by atoms with E-state index in [1.807, 2.05) is 23.1 Å². The van der Waals surface area contributed by atoms with Gasteiger partial charge in [-0.1, -0.05) is 12.2 Å². The van der Waals surface area contributed by atoms with Gasteiger partial charge in [-0.2, -0.15) is 0 Å². The van der Waals surface area contributed by atoms with Crippen LogP contribution in [0.25, 0.3) is 0 Å². The number of benzene rings is 1. The summed E-state index contributed by atoms with van der Waals surface area (Å²) in [5.41, 5.74) is 7.39. The number of thiocarbonyl (C=S) groups is 1. The number of aliphatic hydroxyl groups excluding tert-OH is 1. The summed E-state index contributed by atoms with van der Waals surface area (Å²) in [6, 6.07) is 5.69. The molecule has 100 valence electrons. The number of ether oxygens (including phenoxy) is 1. The number of hydrogen-bond acceptors (Lipinski definition) is 4. The molecule has 0 aliphatic heterocycles. The van der Waals surface area contributed by atoms with Gasteiger partial charge in [0.1, 0.15) is 4.99 Å². The summed E-state index contributed by atoms with van der Waals surface area (Å²) in [5, 5.41) is 9.09. The molecule has 3 N–H and O–H groups in total. The minimum atomic E-state index is 0.0905. The van der Waals surface area contributed by atoms with Crippen LogP contribution in [0.3, 0.4) is 0 Å². The first kappa shape index (κ1) is 15.4. The van der Waals surface area contributed by atoms with Gasteiger partial charge < -0.3 is 20.5 Å². The van der Waals surface area contributed by atoms with Crippen molar-refractivity contribution in [1.29, 1.82) is 0 Å². The Morgan fingerprint density at radius 3 is 2.72 bits per heavy atom. The number of nitrogens with zero attached hydrogens (tertiary/aromatic N) is 1. The molecule has 0 spiro atoms. The highest BCUT2D eigenvalue weighted by Crippen LogP contribution is 2.27. The number of hydrogen-bond donors (Lipinski definition) is 2. The summed E-state index contributed by atoms with van der Waals surface area (Å²) >= 11 is 8.43. The molecule has 0 bridgehead atoms. The molecule has 0 atom stereocenters. The van der Waals surface area contributed by atoms with Gasteiger partial charge in [0.25, 0.3) is 0 Å². The molecule has 0 unspecified atom stereocenters. The molecule has 1 rings (SSSR count). The second-order valence-electron chi connectivity index (χ2n) is 3.73. The molecule has 6 heteroatoms. The maximum atomic E-state index is 9.09. The van der Waals surface area contributed by atoms with Crippen molar-refractivity contribution in [3.05, 3.63) is 28.2 Å². The first-order valence-electron chi connectivity index (χ1n) is 5.54. The predicted molar refractivity (Wildman–Crippen MR) is 81.2 cm³/mol. The Kier molecular flexibility index (Phi) is 6.56. The lowest BCUT2D eigenvalue weighted by molar-refractivity contribution is 0.203. The third-order valence-corrected chi connectivity index (χ3v) is 3.38. The van der Waals surface area contributed by atoms with E-state index in [9.17, 15) is 0 Å². The van der Waals surface area contributed by atoms with Crippen LogP contribution in [0.1, 0.15) is 5.56 Å². The van der Waals surface area contributed by atoms with Gasteiger partial charge in [0.05, 0.1) is 18.9 Å². The van der Waals surface area contributed by atoms with Crippen molar-refractivity contribution >= 4 is 38.8 Å². The first-order chi connectivity index (χ1) is 8.60. The van der Waals surface area contributed by atoms with Crippen LogP contribution in [0.4, 0.5) is 5.69 Å². The van der Waals surface area contributed by atoms with E-state index >= 15 is 0 Å². The molecule has 4 nitrogen and oxygen atoms in total. The molecule has 0 amide bonds. The fourth-order valence-corrected chi connectivity index (χ4v) is 2.35. The number of methoxy groups -OCH3 is 1. The monoisotopic (exact) mass is 332 g/mol. The van der Waals surface area contributed by atoms with Crippen molar-refractivity contribution in [2.75, 3.05) is 38.3 Å². The lowest BCUT2D eigenvalue weighted by Crippen LogP contribution is -2.30. The molecule has 1 aromatic carbocycles. The number of nitrogens with two attached hydrogens (primary N) is 1. The number of aliphatic hydroxyl groups is 1. The van der Waals surface area contributed by atoms with Gasteiger partial charge in [-0.3, -0.25) is 0 Å². The highest BCUT2D eigenvalue weighted by Gasteiger charge is 2.10. The van der Waals surface area contributed by atoms with Crippen LogP contribution in [-0.2, 0) is 4.74 Å². The zero-order valence-corrected chi connectivity index (χ0v) is 12.6. The van der Waals surface area contributed by atoms with Crippen molar-refractivity contribution in [2.24, 2.45) is 5.73 Å². The molecule has 0 aliphatic rings. The minimum absolute atomic E-state index is 0.0905. The fraction of sp³-hybridized carbons (Fsp3) is 0.417. The maximum Gasteiger partial charge on any atom is 0.104 e. The van der Waals surface area contributed by atoms with Crippen LogP contribution in [0.5, 0.6) is 0 Å². The third-order valence-electron chi connectivity index (χ3n) is 2.51. The normalized spacial score (nSPS) is 10.4. The minimum Gasteiger partial charge on any atom is -0.395 e. The van der Waals surface area contributed by atoms with E-state index < -0.39 is 0 Å². The van der Waals surface area contributed by atoms with Crippen molar-refractivity contribution in [2.45, 2.75) is 0 Å². The van der Waals surface area contributed by atoms with Crippen LogP contribution < -0.4 is 10.6 Å². The molecule has 0 saturated heterocycles. The Morgan fingerprint density at radius 2 is 2.22 bits per heavy atom. The maximum absolute atomic E-state index is 9.09. The largest absolute Gasteiger partial charge is 0.395 e. The zero-order chi connectivity index (χ0) is 13.5. The number of rotatable bonds is 7. The van der Waals surface area contributed by atoms with Gasteiger partial charge in [0, 0.05) is 30.2 Å². The fourth-order valence-electron chi connectivity index (χ4n) is 1.59. The second-order valence-corrected chi connectivity index (χ2v) is 5.03. The zero-order valence-electron chi connectivity index (χ0n) is 10.2. The van der Waals surface area contributed by atoms with Gasteiger partial charge in [-0.05, 0) is 34.1 Å². The van der Waals surface area contributed by atoms with Crippen molar-refractivity contribution in [1.82, 2.24) is 0 Å². The van der Waals surface area contributed by atoms with E-state index in [1.54, 1.807) is 7.11 Å². The van der Waals surface area contributed by atoms with E-state index in [4.69, 9.17) is 27.8 Å². The second kappa shape index (κ2) is 7.68. The third kappa shape index (κ3) is 4.20. The Labute approximate surface area is 121 Å². The van der Waals surface area contributed by atoms with Crippen LogP contribution in [0.2, 0.25) is 0 Å². The van der Waals surface area contributed by atoms with Crippen molar-refractivity contribution < 1.29 is 9.84 Å². The van der Waals surface area contributed by atoms with Gasteiger partial charge in [-0.15, -0.1) is 0 Å². The lowest BCUT2D eigenvalue weighted by Gasteiger charge is -2.25. The smallest absolute Gasteiger partial charge is 0.104 e. The lowest BCUT2D eigenvalue weighted by atomic mass is 10.2. The SMILES string of the molecule is COCCN(CCO)c1ccc(C(N)=S)cc1Br. The first-order valence-corrected chi connectivity index (χ1v) is 6.74. The van der Waals surface area contributed by atoms with Crippen molar-refractivity contribution in [3.63, 3.8) is 0 Å². The summed E-state index contributed by atoms with van der Waals surface area (Å²) in [6.07, 6.45) is 0. The van der Waals surface area contributed by atoms with E-state index in [0.29, 0.717) is 24.7 Å². The molecule has 0 aliphatic carbocycles.